The van der Waals surface area contributed by atoms with Crippen molar-refractivity contribution in [2.24, 2.45) is 5.73 Å². The number of nitrogens with two attached hydrogens (primary N) is 1. The van der Waals surface area contributed by atoms with E-state index in [1.807, 2.05) is 0 Å². The molecule has 0 saturated heterocycles. The number of hydrogen-bond donors (Lipinski definition) is 1. The molecule has 1 nitrogen and oxygen atoms in total. The normalized spacial score (nSPS) is 10.4. The molecular weight excluding hydrogens is 240 g/mol. The van der Waals surface area contributed by atoms with Crippen molar-refractivity contribution in [2.45, 2.75) is 6.54 Å². The molecule has 0 radical (unpaired) electrons. The van der Waals surface area contributed by atoms with Crippen LogP contribution in [0.2, 0.25) is 20.1 Å². The maximum absolute atomic E-state index is 5.82. The van der Waals surface area contributed by atoms with Crippen molar-refractivity contribution in [3.05, 3.63) is 31.7 Å². The Morgan fingerprint density at radius 2 is 1.42 bits per heavy atom. The fraction of sp³-hybridized carbons (Fsp3) is 0.143. The molecule has 0 aliphatic heterocycles. The summed E-state index contributed by atoms with van der Waals surface area (Å²) in [4.78, 5) is 0. The summed E-state index contributed by atoms with van der Waals surface area (Å²) in [7, 11) is 0. The molecule has 5 heteroatoms. The molecule has 12 heavy (non-hydrogen) atoms. The van der Waals surface area contributed by atoms with E-state index in [1.54, 1.807) is 0 Å². The smallest absolute Gasteiger partial charge is 0.0653 e. The van der Waals surface area contributed by atoms with Crippen LogP contribution in [0.25, 0.3) is 0 Å². The molecule has 0 atom stereocenters. The summed E-state index contributed by atoms with van der Waals surface area (Å²) < 4.78 is 0. The lowest BCUT2D eigenvalue weighted by Crippen LogP contribution is -1.99. The van der Waals surface area contributed by atoms with Crippen molar-refractivity contribution in [1.29, 1.82) is 0 Å². The molecule has 0 unspecified atom stereocenters. The first-order valence-corrected chi connectivity index (χ1v) is 4.61. The minimum absolute atomic E-state index is 0.220. The fourth-order valence-corrected chi connectivity index (χ4v) is 1.80. The summed E-state index contributed by atoms with van der Waals surface area (Å²) in [6.07, 6.45) is 0. The minimum atomic E-state index is 0.220. The number of halogens is 4. The van der Waals surface area contributed by atoms with Crippen LogP contribution in [0.4, 0.5) is 0 Å². The average molecular weight is 245 g/mol. The van der Waals surface area contributed by atoms with E-state index >= 15 is 0 Å². The van der Waals surface area contributed by atoms with Crippen molar-refractivity contribution >= 4 is 46.4 Å². The topological polar surface area (TPSA) is 26.0 Å². The van der Waals surface area contributed by atoms with Gasteiger partial charge < -0.3 is 5.73 Å². The molecule has 0 spiro atoms. The zero-order chi connectivity index (χ0) is 9.30. The summed E-state index contributed by atoms with van der Waals surface area (Å²) >= 11 is 23.1. The van der Waals surface area contributed by atoms with Gasteiger partial charge in [-0.25, -0.2) is 0 Å². The van der Waals surface area contributed by atoms with Crippen molar-refractivity contribution in [3.63, 3.8) is 0 Å². The lowest BCUT2D eigenvalue weighted by Gasteiger charge is -2.07. The molecule has 0 aliphatic carbocycles. The third-order valence-electron chi connectivity index (χ3n) is 1.41. The van der Waals surface area contributed by atoms with Crippen LogP contribution in [0.15, 0.2) is 6.07 Å². The maximum Gasteiger partial charge on any atom is 0.0653 e. The van der Waals surface area contributed by atoms with Gasteiger partial charge >= 0.3 is 0 Å². The SMILES string of the molecule is NCc1c(Cl)c(Cl)cc(Cl)c1Cl. The monoisotopic (exact) mass is 243 g/mol. The highest BCUT2D eigenvalue weighted by molar-refractivity contribution is 6.47. The largest absolute Gasteiger partial charge is 0.326 e. The molecular formula is C7H5Cl4N. The second-order valence-corrected chi connectivity index (χ2v) is 3.72. The van der Waals surface area contributed by atoms with E-state index in [9.17, 15) is 0 Å². The first kappa shape index (κ1) is 10.4. The Kier molecular flexibility index (Phi) is 3.50. The number of rotatable bonds is 1. The van der Waals surface area contributed by atoms with E-state index in [2.05, 4.69) is 0 Å². The summed E-state index contributed by atoms with van der Waals surface area (Å²) in [6, 6.07) is 1.49. The molecule has 2 N–H and O–H groups in total. The Labute approximate surface area is 90.3 Å². The van der Waals surface area contributed by atoms with Crippen molar-refractivity contribution < 1.29 is 0 Å². The molecule has 0 bridgehead atoms. The molecule has 0 aromatic heterocycles. The van der Waals surface area contributed by atoms with E-state index < -0.39 is 0 Å². The van der Waals surface area contributed by atoms with Crippen LogP contribution in [0.1, 0.15) is 5.56 Å². The highest BCUT2D eigenvalue weighted by atomic mass is 35.5. The first-order chi connectivity index (χ1) is 5.57. The molecule has 66 valence electrons. The van der Waals surface area contributed by atoms with Crippen LogP contribution in [-0.2, 0) is 6.54 Å². The predicted molar refractivity (Wildman–Crippen MR) is 54.4 cm³/mol. The van der Waals surface area contributed by atoms with Gasteiger partial charge in [-0.05, 0) is 6.07 Å². The van der Waals surface area contributed by atoms with Crippen LogP contribution in [0.3, 0.4) is 0 Å². The van der Waals surface area contributed by atoms with Gasteiger partial charge in [0, 0.05) is 12.1 Å². The van der Waals surface area contributed by atoms with Gasteiger partial charge in [-0.1, -0.05) is 46.4 Å². The standard InChI is InChI=1S/C7H5Cl4N/c8-4-1-5(9)7(11)3(2-12)6(4)10/h1H,2,12H2. The zero-order valence-corrected chi connectivity index (χ0v) is 8.90. The quantitative estimate of drug-likeness (QED) is 0.749. The van der Waals surface area contributed by atoms with Gasteiger partial charge in [0.2, 0.25) is 0 Å². The van der Waals surface area contributed by atoms with Crippen LogP contribution in [0.5, 0.6) is 0 Å². The molecule has 1 aromatic rings. The highest BCUT2D eigenvalue weighted by Crippen LogP contribution is 2.36. The van der Waals surface area contributed by atoms with Gasteiger partial charge in [-0.3, -0.25) is 0 Å². The molecule has 0 heterocycles. The van der Waals surface area contributed by atoms with Gasteiger partial charge in [-0.15, -0.1) is 0 Å². The van der Waals surface area contributed by atoms with E-state index in [0.29, 0.717) is 25.7 Å². The highest BCUT2D eigenvalue weighted by Gasteiger charge is 2.11. The number of hydrogen-bond acceptors (Lipinski definition) is 1. The Morgan fingerprint density at radius 1 is 1.00 bits per heavy atom. The lowest BCUT2D eigenvalue weighted by molar-refractivity contribution is 1.07. The number of benzene rings is 1. The van der Waals surface area contributed by atoms with Crippen LogP contribution >= 0.6 is 46.4 Å². The van der Waals surface area contributed by atoms with E-state index in [4.69, 9.17) is 52.1 Å². The Bertz CT molecular complexity index is 285. The third kappa shape index (κ3) is 1.81. The summed E-state index contributed by atoms with van der Waals surface area (Å²) in [5.74, 6) is 0. The predicted octanol–water partition coefficient (Wildman–Crippen LogP) is 3.76. The van der Waals surface area contributed by atoms with Crippen molar-refractivity contribution in [3.8, 4) is 0 Å². The summed E-state index contributed by atoms with van der Waals surface area (Å²) in [6.45, 7) is 0.220. The molecule has 0 fully saturated rings. The van der Waals surface area contributed by atoms with E-state index in [-0.39, 0.29) is 6.54 Å². The van der Waals surface area contributed by atoms with Crippen molar-refractivity contribution in [2.75, 3.05) is 0 Å². The van der Waals surface area contributed by atoms with Gasteiger partial charge in [0.25, 0.3) is 0 Å². The fourth-order valence-electron chi connectivity index (χ4n) is 0.802. The molecule has 0 aliphatic rings. The molecule has 1 aromatic carbocycles. The molecule has 0 saturated carbocycles. The second kappa shape index (κ2) is 4.03. The minimum Gasteiger partial charge on any atom is -0.326 e. The lowest BCUT2D eigenvalue weighted by atomic mass is 10.2. The maximum atomic E-state index is 5.82. The van der Waals surface area contributed by atoms with E-state index in [1.165, 1.54) is 6.07 Å². The Balaban J connectivity index is 3.42. The summed E-state index contributed by atoms with van der Waals surface area (Å²) in [5.41, 5.74) is 5.98. The van der Waals surface area contributed by atoms with Gasteiger partial charge in [-0.2, -0.15) is 0 Å². The van der Waals surface area contributed by atoms with Crippen LogP contribution in [-0.4, -0.2) is 0 Å². The van der Waals surface area contributed by atoms with E-state index in [0.717, 1.165) is 0 Å². The molecule has 0 amide bonds. The Morgan fingerprint density at radius 3 is 1.75 bits per heavy atom. The second-order valence-electron chi connectivity index (χ2n) is 2.15. The zero-order valence-electron chi connectivity index (χ0n) is 5.87. The van der Waals surface area contributed by atoms with Crippen LogP contribution in [0, 0.1) is 0 Å². The first-order valence-electron chi connectivity index (χ1n) is 3.10. The van der Waals surface area contributed by atoms with Gasteiger partial charge in [0.15, 0.2) is 0 Å². The Hall–Kier alpha value is 0.340. The third-order valence-corrected chi connectivity index (χ3v) is 3.06. The molecule has 1 rings (SSSR count). The average Bonchev–Trinajstić information content (AvgIpc) is 2.02. The van der Waals surface area contributed by atoms with Crippen molar-refractivity contribution in [1.82, 2.24) is 0 Å². The van der Waals surface area contributed by atoms with Gasteiger partial charge in [0.1, 0.15) is 0 Å². The summed E-state index contributed by atoms with van der Waals surface area (Å²) in [5, 5.41) is 1.47. The van der Waals surface area contributed by atoms with Gasteiger partial charge in [0.05, 0.1) is 20.1 Å². The van der Waals surface area contributed by atoms with Crippen LogP contribution < -0.4 is 5.73 Å².